The number of hydrogen-bond acceptors (Lipinski definition) is 8. The third-order valence-electron chi connectivity index (χ3n) is 5.23. The fourth-order valence-electron chi connectivity index (χ4n) is 3.74. The fraction of sp³-hybridized carbons (Fsp3) is 0.571. The maximum absolute atomic E-state index is 13.2. The van der Waals surface area contributed by atoms with E-state index in [0.717, 1.165) is 16.4 Å². The van der Waals surface area contributed by atoms with Gasteiger partial charge in [-0.3, -0.25) is 14.9 Å². The van der Waals surface area contributed by atoms with Crippen LogP contribution in [-0.2, 0) is 19.1 Å². The van der Waals surface area contributed by atoms with Crippen LogP contribution >= 0.6 is 35.3 Å². The van der Waals surface area contributed by atoms with Gasteiger partial charge < -0.3 is 14.7 Å². The van der Waals surface area contributed by atoms with Crippen molar-refractivity contribution in [3.8, 4) is 0 Å². The summed E-state index contributed by atoms with van der Waals surface area (Å²) in [7, 11) is 0. The van der Waals surface area contributed by atoms with Gasteiger partial charge >= 0.3 is 11.9 Å². The van der Waals surface area contributed by atoms with Crippen molar-refractivity contribution in [2.45, 2.75) is 47.4 Å². The second-order valence-corrected chi connectivity index (χ2v) is 11.8. The molecule has 10 heteroatoms. The molecule has 1 amide bonds. The smallest absolute Gasteiger partial charge is 0.326 e. The molecule has 3 rings (SSSR count). The highest BCUT2D eigenvalue weighted by Crippen LogP contribution is 2.51. The van der Waals surface area contributed by atoms with Crippen molar-refractivity contribution in [2.75, 3.05) is 30.4 Å². The molecule has 7 nitrogen and oxygen atoms in total. The highest BCUT2D eigenvalue weighted by Gasteiger charge is 2.52. The summed E-state index contributed by atoms with van der Waals surface area (Å²) in [6.07, 6.45) is 0.446. The van der Waals surface area contributed by atoms with Crippen LogP contribution in [0.4, 0.5) is 0 Å². The van der Waals surface area contributed by atoms with Gasteiger partial charge in [0.05, 0.1) is 16.7 Å². The average molecular weight is 485 g/mol. The first-order chi connectivity index (χ1) is 14.8. The van der Waals surface area contributed by atoms with Gasteiger partial charge in [-0.1, -0.05) is 18.2 Å². The number of thioether (sulfide) groups is 3. The first-order valence-corrected chi connectivity index (χ1v) is 13.2. The summed E-state index contributed by atoms with van der Waals surface area (Å²) in [5.74, 6) is 0.644. The molecule has 31 heavy (non-hydrogen) atoms. The Morgan fingerprint density at radius 2 is 1.97 bits per heavy atom. The Bertz CT molecular complexity index is 788. The van der Waals surface area contributed by atoms with Crippen molar-refractivity contribution in [2.24, 2.45) is 0 Å². The number of carboxylic acid groups (broad SMARTS) is 1. The van der Waals surface area contributed by atoms with E-state index in [4.69, 9.17) is 4.74 Å². The third kappa shape index (κ3) is 6.12. The number of amides is 1. The van der Waals surface area contributed by atoms with Crippen molar-refractivity contribution >= 4 is 53.1 Å². The minimum atomic E-state index is -0.980. The molecule has 170 valence electrons. The molecule has 1 spiro atoms. The number of carbonyl (C=O) groups excluding carboxylic acids is 2. The number of nitrogens with zero attached hydrogens (tertiary/aromatic N) is 1. The Morgan fingerprint density at radius 1 is 1.29 bits per heavy atom. The molecule has 1 aromatic rings. The van der Waals surface area contributed by atoms with E-state index in [1.807, 2.05) is 30.3 Å². The van der Waals surface area contributed by atoms with Gasteiger partial charge in [0, 0.05) is 35.1 Å². The maximum Gasteiger partial charge on any atom is 0.326 e. The van der Waals surface area contributed by atoms with Gasteiger partial charge in [-0.05, 0) is 26.0 Å². The van der Waals surface area contributed by atoms with Crippen LogP contribution in [0.15, 0.2) is 35.2 Å². The highest BCUT2D eigenvalue weighted by atomic mass is 32.2. The van der Waals surface area contributed by atoms with E-state index in [1.54, 1.807) is 37.4 Å². The summed E-state index contributed by atoms with van der Waals surface area (Å²) in [6, 6.07) is 7.46. The number of ether oxygens (including phenoxy) is 1. The van der Waals surface area contributed by atoms with Crippen molar-refractivity contribution in [3.63, 3.8) is 0 Å². The molecule has 0 saturated carbocycles. The van der Waals surface area contributed by atoms with E-state index in [-0.39, 0.29) is 16.6 Å². The Hall–Kier alpha value is -1.36. The highest BCUT2D eigenvalue weighted by molar-refractivity contribution is 8.21. The first-order valence-electron chi connectivity index (χ1n) is 10.3. The lowest BCUT2D eigenvalue weighted by Crippen LogP contribution is -2.54. The van der Waals surface area contributed by atoms with E-state index in [9.17, 15) is 19.5 Å². The molecule has 0 aliphatic carbocycles. The van der Waals surface area contributed by atoms with Gasteiger partial charge in [0.2, 0.25) is 5.91 Å². The normalized spacial score (nSPS) is 21.7. The Morgan fingerprint density at radius 3 is 2.58 bits per heavy atom. The summed E-state index contributed by atoms with van der Waals surface area (Å²) in [4.78, 5) is 40.0. The molecule has 0 unspecified atom stereocenters. The van der Waals surface area contributed by atoms with E-state index in [1.165, 1.54) is 16.7 Å². The molecule has 2 fully saturated rings. The van der Waals surface area contributed by atoms with Gasteiger partial charge in [0.25, 0.3) is 0 Å². The Labute approximate surface area is 195 Å². The van der Waals surface area contributed by atoms with Crippen LogP contribution in [0, 0.1) is 0 Å². The van der Waals surface area contributed by atoms with E-state index < -0.39 is 30.1 Å². The molecule has 2 aliphatic heterocycles. The second kappa shape index (κ2) is 11.0. The molecule has 2 heterocycles. The zero-order chi connectivity index (χ0) is 22.4. The Kier molecular flexibility index (Phi) is 8.60. The van der Waals surface area contributed by atoms with E-state index >= 15 is 0 Å². The molecule has 2 saturated heterocycles. The summed E-state index contributed by atoms with van der Waals surface area (Å²) in [6.45, 7) is 4.08. The van der Waals surface area contributed by atoms with Crippen LogP contribution in [-0.4, -0.2) is 80.5 Å². The molecule has 1 aromatic carbocycles. The predicted molar refractivity (Wildman–Crippen MR) is 126 cm³/mol. The third-order valence-corrected chi connectivity index (χ3v) is 9.76. The summed E-state index contributed by atoms with van der Waals surface area (Å²) in [5, 5.41) is 12.8. The van der Waals surface area contributed by atoms with Crippen molar-refractivity contribution in [1.29, 1.82) is 0 Å². The lowest BCUT2D eigenvalue weighted by molar-refractivity contribution is -0.150. The first kappa shape index (κ1) is 24.3. The number of carboxylic acids is 1. The fourth-order valence-corrected chi connectivity index (χ4v) is 7.94. The monoisotopic (exact) mass is 484 g/mol. The molecule has 3 atom stereocenters. The molecule has 2 N–H and O–H groups in total. The van der Waals surface area contributed by atoms with Crippen LogP contribution in [0.1, 0.15) is 20.3 Å². The number of esters is 1. The SMILES string of the molecule is CCOC(=O)[C@H](CSc1ccccc1)N[C@@H](C)C(=O)N1CC2(C[C@H]1C(=O)O)SCCS2. The summed E-state index contributed by atoms with van der Waals surface area (Å²) < 4.78 is 4.96. The van der Waals surface area contributed by atoms with Gasteiger partial charge in [0.15, 0.2) is 0 Å². The van der Waals surface area contributed by atoms with E-state index in [0.29, 0.717) is 18.7 Å². The summed E-state index contributed by atoms with van der Waals surface area (Å²) in [5.41, 5.74) is 0. The minimum Gasteiger partial charge on any atom is -0.480 e. The maximum atomic E-state index is 13.2. The van der Waals surface area contributed by atoms with Gasteiger partial charge in [0.1, 0.15) is 12.1 Å². The minimum absolute atomic E-state index is 0.234. The van der Waals surface area contributed by atoms with Crippen molar-refractivity contribution < 1.29 is 24.2 Å². The second-order valence-electron chi connectivity index (χ2n) is 7.45. The van der Waals surface area contributed by atoms with E-state index in [2.05, 4.69) is 5.32 Å². The number of hydrogen-bond donors (Lipinski definition) is 2. The van der Waals surface area contributed by atoms with Gasteiger partial charge in [-0.15, -0.1) is 35.3 Å². The quantitative estimate of drug-likeness (QED) is 0.405. The van der Waals surface area contributed by atoms with Gasteiger partial charge in [-0.25, -0.2) is 4.79 Å². The Balaban J connectivity index is 1.67. The molecular weight excluding hydrogens is 456 g/mol. The lowest BCUT2D eigenvalue weighted by atomic mass is 10.2. The van der Waals surface area contributed by atoms with Crippen LogP contribution in [0.25, 0.3) is 0 Å². The van der Waals surface area contributed by atoms with Crippen LogP contribution in [0.2, 0.25) is 0 Å². The number of rotatable bonds is 9. The lowest BCUT2D eigenvalue weighted by Gasteiger charge is -2.28. The summed E-state index contributed by atoms with van der Waals surface area (Å²) >= 11 is 4.99. The zero-order valence-corrected chi connectivity index (χ0v) is 20.1. The molecule has 0 aromatic heterocycles. The largest absolute Gasteiger partial charge is 0.480 e. The van der Waals surface area contributed by atoms with Crippen molar-refractivity contribution in [3.05, 3.63) is 30.3 Å². The average Bonchev–Trinajstić information content (AvgIpc) is 3.38. The standard InChI is InChI=1S/C21H28N2O5S3/c1-3-28-20(27)16(12-29-15-7-5-4-6-8-15)22-14(2)18(24)23-13-21(30-9-10-31-21)11-17(23)19(25)26/h4-8,14,16-17,22H,3,9-13H2,1-2H3,(H,25,26)/t14-,16-,17-/m0/s1. The number of carbonyl (C=O) groups is 3. The molecular formula is C21H28N2O5S3. The number of likely N-dealkylation sites (tertiary alicyclic amines) is 1. The van der Waals surface area contributed by atoms with Gasteiger partial charge in [-0.2, -0.15) is 0 Å². The van der Waals surface area contributed by atoms with Crippen LogP contribution in [0.5, 0.6) is 0 Å². The van der Waals surface area contributed by atoms with Crippen LogP contribution in [0.3, 0.4) is 0 Å². The number of aliphatic carboxylic acids is 1. The number of benzene rings is 1. The topological polar surface area (TPSA) is 95.9 Å². The molecule has 0 radical (unpaired) electrons. The zero-order valence-electron chi connectivity index (χ0n) is 17.6. The van der Waals surface area contributed by atoms with Crippen molar-refractivity contribution in [1.82, 2.24) is 10.2 Å². The molecule has 2 aliphatic rings. The molecule has 0 bridgehead atoms. The van der Waals surface area contributed by atoms with Crippen LogP contribution < -0.4 is 5.32 Å². The number of nitrogens with one attached hydrogen (secondary N) is 1. The predicted octanol–water partition coefficient (Wildman–Crippen LogP) is 2.55.